The first kappa shape index (κ1) is 15.9. The average Bonchev–Trinajstić information content (AvgIpc) is 2.49. The number of carbonyl (C=O) groups is 1. The van der Waals surface area contributed by atoms with Crippen molar-refractivity contribution in [3.05, 3.63) is 35.6 Å². The molecule has 1 aliphatic rings. The Labute approximate surface area is 124 Å². The van der Waals surface area contributed by atoms with E-state index in [0.717, 1.165) is 12.1 Å². The molecule has 1 saturated heterocycles. The van der Waals surface area contributed by atoms with Crippen molar-refractivity contribution in [2.45, 2.75) is 12.5 Å². The van der Waals surface area contributed by atoms with Gasteiger partial charge in [0.05, 0.1) is 19.3 Å². The molecular weight excluding hydrogens is 273 g/mol. The van der Waals surface area contributed by atoms with Crippen LogP contribution in [0.3, 0.4) is 0 Å². The molecule has 1 aromatic carbocycles. The molecule has 1 amide bonds. The standard InChI is InChI=1S/C15H22FN3O2/c16-13-3-1-12(2-4-13)5-6-18-15(20)11-19-7-8-21-14(9-17)10-19/h1-4,14H,5-11,17H2,(H,18,20). The number of rotatable bonds is 6. The molecule has 0 aliphatic carbocycles. The lowest BCUT2D eigenvalue weighted by Crippen LogP contribution is -2.49. The zero-order valence-corrected chi connectivity index (χ0v) is 12.1. The molecule has 0 saturated carbocycles. The van der Waals surface area contributed by atoms with Gasteiger partial charge in [-0.15, -0.1) is 0 Å². The highest BCUT2D eigenvalue weighted by Gasteiger charge is 2.20. The maximum Gasteiger partial charge on any atom is 0.234 e. The van der Waals surface area contributed by atoms with Crippen molar-refractivity contribution in [3.63, 3.8) is 0 Å². The summed E-state index contributed by atoms with van der Waals surface area (Å²) >= 11 is 0. The average molecular weight is 295 g/mol. The second-order valence-electron chi connectivity index (χ2n) is 5.19. The van der Waals surface area contributed by atoms with E-state index in [9.17, 15) is 9.18 Å². The number of benzene rings is 1. The summed E-state index contributed by atoms with van der Waals surface area (Å²) in [6, 6.07) is 6.32. The topological polar surface area (TPSA) is 67.6 Å². The number of ether oxygens (including phenoxy) is 1. The number of morpholine rings is 1. The van der Waals surface area contributed by atoms with E-state index in [-0.39, 0.29) is 17.8 Å². The van der Waals surface area contributed by atoms with Crippen LogP contribution in [0.5, 0.6) is 0 Å². The van der Waals surface area contributed by atoms with Crippen LogP contribution in [0.25, 0.3) is 0 Å². The minimum Gasteiger partial charge on any atom is -0.374 e. The molecule has 5 nitrogen and oxygen atoms in total. The van der Waals surface area contributed by atoms with Crippen LogP contribution in [0, 0.1) is 5.82 Å². The molecule has 0 aromatic heterocycles. The van der Waals surface area contributed by atoms with Gasteiger partial charge in [-0.3, -0.25) is 9.69 Å². The van der Waals surface area contributed by atoms with Crippen molar-refractivity contribution in [1.82, 2.24) is 10.2 Å². The van der Waals surface area contributed by atoms with E-state index >= 15 is 0 Å². The molecular formula is C15H22FN3O2. The fourth-order valence-corrected chi connectivity index (χ4v) is 2.32. The summed E-state index contributed by atoms with van der Waals surface area (Å²) < 4.78 is 18.2. The van der Waals surface area contributed by atoms with Gasteiger partial charge in [0.25, 0.3) is 0 Å². The molecule has 116 valence electrons. The Balaban J connectivity index is 1.66. The first-order valence-corrected chi connectivity index (χ1v) is 7.22. The van der Waals surface area contributed by atoms with E-state index < -0.39 is 0 Å². The maximum absolute atomic E-state index is 12.8. The lowest BCUT2D eigenvalue weighted by molar-refractivity contribution is -0.124. The number of nitrogens with one attached hydrogen (secondary N) is 1. The maximum atomic E-state index is 12.8. The van der Waals surface area contributed by atoms with Gasteiger partial charge < -0.3 is 15.8 Å². The van der Waals surface area contributed by atoms with Crippen LogP contribution in [0.2, 0.25) is 0 Å². The van der Waals surface area contributed by atoms with Gasteiger partial charge in [0.15, 0.2) is 0 Å². The summed E-state index contributed by atoms with van der Waals surface area (Å²) in [6.45, 7) is 3.45. The summed E-state index contributed by atoms with van der Waals surface area (Å²) in [5.41, 5.74) is 6.58. The quantitative estimate of drug-likeness (QED) is 0.783. The van der Waals surface area contributed by atoms with Crippen LogP contribution in [-0.4, -0.2) is 56.2 Å². The van der Waals surface area contributed by atoms with E-state index in [2.05, 4.69) is 5.32 Å². The monoisotopic (exact) mass is 295 g/mol. The molecule has 0 spiro atoms. The molecule has 21 heavy (non-hydrogen) atoms. The third-order valence-electron chi connectivity index (χ3n) is 3.50. The van der Waals surface area contributed by atoms with Gasteiger partial charge in [0.1, 0.15) is 5.82 Å². The van der Waals surface area contributed by atoms with E-state index in [0.29, 0.717) is 39.2 Å². The van der Waals surface area contributed by atoms with Crippen LogP contribution in [-0.2, 0) is 16.0 Å². The van der Waals surface area contributed by atoms with Crippen LogP contribution >= 0.6 is 0 Å². The summed E-state index contributed by atoms with van der Waals surface area (Å²) in [4.78, 5) is 13.9. The van der Waals surface area contributed by atoms with Crippen molar-refractivity contribution < 1.29 is 13.9 Å². The van der Waals surface area contributed by atoms with Crippen molar-refractivity contribution >= 4 is 5.91 Å². The minimum absolute atomic E-state index is 0.00483. The van der Waals surface area contributed by atoms with Gasteiger partial charge in [-0.25, -0.2) is 4.39 Å². The van der Waals surface area contributed by atoms with Gasteiger partial charge in [0.2, 0.25) is 5.91 Å². The Morgan fingerprint density at radius 1 is 1.43 bits per heavy atom. The van der Waals surface area contributed by atoms with Gasteiger partial charge in [0, 0.05) is 26.2 Å². The predicted molar refractivity (Wildman–Crippen MR) is 78.3 cm³/mol. The highest BCUT2D eigenvalue weighted by atomic mass is 19.1. The minimum atomic E-state index is -0.246. The second kappa shape index (κ2) is 8.07. The molecule has 0 bridgehead atoms. The molecule has 3 N–H and O–H groups in total. The van der Waals surface area contributed by atoms with Gasteiger partial charge >= 0.3 is 0 Å². The fourth-order valence-electron chi connectivity index (χ4n) is 2.32. The molecule has 1 heterocycles. The highest BCUT2D eigenvalue weighted by molar-refractivity contribution is 5.78. The summed E-state index contributed by atoms with van der Waals surface area (Å²) in [6.07, 6.45) is 0.714. The molecule has 0 radical (unpaired) electrons. The van der Waals surface area contributed by atoms with Crippen LogP contribution in [0.15, 0.2) is 24.3 Å². The van der Waals surface area contributed by atoms with E-state index in [1.54, 1.807) is 12.1 Å². The Morgan fingerprint density at radius 2 is 2.19 bits per heavy atom. The highest BCUT2D eigenvalue weighted by Crippen LogP contribution is 2.04. The number of nitrogens with zero attached hydrogens (tertiary/aromatic N) is 1. The third kappa shape index (κ3) is 5.41. The molecule has 2 rings (SSSR count). The fraction of sp³-hybridized carbons (Fsp3) is 0.533. The van der Waals surface area contributed by atoms with E-state index in [1.165, 1.54) is 12.1 Å². The SMILES string of the molecule is NCC1CN(CC(=O)NCCc2ccc(F)cc2)CCO1. The normalized spacial score (nSPS) is 19.4. The molecule has 1 fully saturated rings. The van der Waals surface area contributed by atoms with Crippen molar-refractivity contribution in [1.29, 1.82) is 0 Å². The number of hydrogen-bond donors (Lipinski definition) is 2. The van der Waals surface area contributed by atoms with Crippen molar-refractivity contribution in [3.8, 4) is 0 Å². The first-order chi connectivity index (χ1) is 10.2. The number of halogens is 1. The summed E-state index contributed by atoms with van der Waals surface area (Å²) in [5.74, 6) is -0.251. The lowest BCUT2D eigenvalue weighted by Gasteiger charge is -2.31. The second-order valence-corrected chi connectivity index (χ2v) is 5.19. The molecule has 1 aromatic rings. The van der Waals surface area contributed by atoms with E-state index in [1.807, 2.05) is 4.90 Å². The summed E-state index contributed by atoms with van der Waals surface area (Å²) in [5, 5.41) is 2.88. The smallest absolute Gasteiger partial charge is 0.234 e. The predicted octanol–water partition coefficient (Wildman–Crippen LogP) is 0.144. The van der Waals surface area contributed by atoms with Crippen molar-refractivity contribution in [2.75, 3.05) is 39.3 Å². The zero-order valence-electron chi connectivity index (χ0n) is 12.1. The van der Waals surface area contributed by atoms with Gasteiger partial charge in [-0.05, 0) is 24.1 Å². The Hall–Kier alpha value is -1.50. The van der Waals surface area contributed by atoms with Crippen LogP contribution in [0.4, 0.5) is 4.39 Å². The first-order valence-electron chi connectivity index (χ1n) is 7.22. The number of carbonyl (C=O) groups excluding carboxylic acids is 1. The Kier molecular flexibility index (Phi) is 6.10. The Bertz CT molecular complexity index is 453. The molecule has 1 aliphatic heterocycles. The van der Waals surface area contributed by atoms with Crippen LogP contribution < -0.4 is 11.1 Å². The number of nitrogens with two attached hydrogens (primary N) is 1. The Morgan fingerprint density at radius 3 is 2.90 bits per heavy atom. The molecule has 1 unspecified atom stereocenters. The zero-order chi connectivity index (χ0) is 15.1. The van der Waals surface area contributed by atoms with Crippen LogP contribution in [0.1, 0.15) is 5.56 Å². The third-order valence-corrected chi connectivity index (χ3v) is 3.50. The number of amides is 1. The molecule has 6 heteroatoms. The largest absolute Gasteiger partial charge is 0.374 e. The van der Waals surface area contributed by atoms with Gasteiger partial charge in [-0.1, -0.05) is 12.1 Å². The molecule has 1 atom stereocenters. The number of hydrogen-bond acceptors (Lipinski definition) is 4. The summed E-state index contributed by atoms with van der Waals surface area (Å²) in [7, 11) is 0. The van der Waals surface area contributed by atoms with Gasteiger partial charge in [-0.2, -0.15) is 0 Å². The van der Waals surface area contributed by atoms with Crippen molar-refractivity contribution in [2.24, 2.45) is 5.73 Å². The lowest BCUT2D eigenvalue weighted by atomic mass is 10.1. The van der Waals surface area contributed by atoms with E-state index in [4.69, 9.17) is 10.5 Å².